The van der Waals surface area contributed by atoms with Crippen molar-refractivity contribution < 1.29 is 105 Å². The Bertz CT molecular complexity index is 2580. The Kier molecular flexibility index (Phi) is 29.7. The van der Waals surface area contributed by atoms with E-state index in [9.17, 15) is 80.8 Å². The van der Waals surface area contributed by atoms with Gasteiger partial charge in [0.05, 0.1) is 91.8 Å². The molecule has 2 saturated heterocycles. The molecule has 6 fully saturated rings. The van der Waals surface area contributed by atoms with Crippen LogP contribution in [-0.4, -0.2) is 199 Å². The number of carbonyl (C=O) groups is 3. The molecule has 0 spiro atoms. The van der Waals surface area contributed by atoms with Crippen molar-refractivity contribution >= 4 is 17.9 Å². The molecular formula is C71H113NO21. The molecule has 29 atom stereocenters. The van der Waals surface area contributed by atoms with Crippen LogP contribution in [0.5, 0.6) is 0 Å². The van der Waals surface area contributed by atoms with Crippen LogP contribution in [0.2, 0.25) is 0 Å². The van der Waals surface area contributed by atoms with E-state index in [2.05, 4.69) is 20.8 Å². The Labute approximate surface area is 549 Å². The topological polar surface area (TPSA) is 397 Å². The van der Waals surface area contributed by atoms with E-state index in [1.54, 1.807) is 80.7 Å². The summed E-state index contributed by atoms with van der Waals surface area (Å²) in [5.41, 5.74) is 6.23. The number of nitrogens with two attached hydrogens (primary N) is 1. The number of carbonyl (C=O) groups excluding carboxylic acids is 1. The largest absolute Gasteiger partial charge is 0.481 e. The summed E-state index contributed by atoms with van der Waals surface area (Å²) in [6.45, 7) is 13.7. The van der Waals surface area contributed by atoms with Crippen molar-refractivity contribution in [1.29, 1.82) is 0 Å². The number of ether oxygens (including phenoxy) is 4. The molecule has 7 aliphatic rings. The highest BCUT2D eigenvalue weighted by Crippen LogP contribution is 2.68. The van der Waals surface area contributed by atoms with Gasteiger partial charge in [0, 0.05) is 43.9 Å². The maximum atomic E-state index is 12.6. The predicted octanol–water partition coefficient (Wildman–Crippen LogP) is 5.19. The normalized spacial score (nSPS) is 47.4. The zero-order chi connectivity index (χ0) is 68.7. The Morgan fingerprint density at radius 2 is 1.25 bits per heavy atom. The van der Waals surface area contributed by atoms with Crippen LogP contribution >= 0.6 is 0 Å². The summed E-state index contributed by atoms with van der Waals surface area (Å²) >= 11 is 0. The number of aliphatic hydroxyl groups excluding tert-OH is 11. The van der Waals surface area contributed by atoms with Gasteiger partial charge < -0.3 is 96.2 Å². The fraction of sp³-hybridized carbons (Fsp3) is 0.761. The number of cyclic esters (lactones) is 1. The fourth-order valence-corrected chi connectivity index (χ4v) is 16.7. The van der Waals surface area contributed by atoms with Gasteiger partial charge >= 0.3 is 17.9 Å². The molecule has 0 aromatic carbocycles. The lowest BCUT2D eigenvalue weighted by Crippen LogP contribution is -2.61. The monoisotopic (exact) mass is 1320 g/mol. The van der Waals surface area contributed by atoms with Crippen molar-refractivity contribution in [2.75, 3.05) is 0 Å². The van der Waals surface area contributed by atoms with Crippen LogP contribution in [0.15, 0.2) is 85.1 Å². The van der Waals surface area contributed by atoms with Crippen molar-refractivity contribution in [3.8, 4) is 0 Å². The molecule has 2 bridgehead atoms. The molecule has 93 heavy (non-hydrogen) atoms. The number of rotatable bonds is 7. The number of aliphatic carboxylic acids is 2. The first-order valence-corrected chi connectivity index (χ1v) is 34.1. The van der Waals surface area contributed by atoms with Gasteiger partial charge in [-0.2, -0.15) is 0 Å². The second-order valence-electron chi connectivity index (χ2n) is 28.9. The number of carboxylic acid groups (broad SMARTS) is 2. The molecule has 3 aliphatic heterocycles. The molecule has 3 heterocycles. The highest BCUT2D eigenvalue weighted by Gasteiger charge is 2.64. The molecule has 0 aromatic heterocycles. The number of hydrogen-bond donors (Lipinski definition) is 15. The van der Waals surface area contributed by atoms with E-state index in [4.69, 9.17) is 29.8 Å². The van der Waals surface area contributed by atoms with E-state index in [-0.39, 0.29) is 61.1 Å². The number of allylic oxidation sites excluding steroid dienone is 12. The lowest BCUT2D eigenvalue weighted by molar-refractivity contribution is -0.308. The van der Waals surface area contributed by atoms with E-state index in [0.29, 0.717) is 35.5 Å². The summed E-state index contributed by atoms with van der Waals surface area (Å²) in [4.78, 5) is 36.1. The number of fused-ring (bicyclic) bond motifs is 7. The third-order valence-corrected chi connectivity index (χ3v) is 22.3. The van der Waals surface area contributed by atoms with Crippen LogP contribution in [0.1, 0.15) is 164 Å². The van der Waals surface area contributed by atoms with Crippen LogP contribution in [0.3, 0.4) is 0 Å². The molecule has 0 radical (unpaired) electrons. The molecular weight excluding hydrogens is 1200 g/mol. The van der Waals surface area contributed by atoms with Crippen LogP contribution in [0.4, 0.5) is 0 Å². The van der Waals surface area contributed by atoms with E-state index in [1.165, 1.54) is 32.3 Å². The van der Waals surface area contributed by atoms with Crippen molar-refractivity contribution in [3.63, 3.8) is 0 Å². The van der Waals surface area contributed by atoms with Gasteiger partial charge in [-0.25, -0.2) is 0 Å². The first-order valence-electron chi connectivity index (χ1n) is 34.1. The molecule has 16 N–H and O–H groups in total. The predicted molar refractivity (Wildman–Crippen MR) is 346 cm³/mol. The van der Waals surface area contributed by atoms with Crippen molar-refractivity contribution in [2.24, 2.45) is 69.8 Å². The average molecular weight is 1320 g/mol. The number of aliphatic hydroxyl groups is 12. The van der Waals surface area contributed by atoms with E-state index >= 15 is 0 Å². The van der Waals surface area contributed by atoms with Crippen LogP contribution < -0.4 is 5.73 Å². The molecule has 528 valence electrons. The summed E-state index contributed by atoms with van der Waals surface area (Å²) in [6, 6.07) is -1.15. The minimum absolute atomic E-state index is 0.0591. The van der Waals surface area contributed by atoms with Crippen molar-refractivity contribution in [1.82, 2.24) is 0 Å². The highest BCUT2D eigenvalue weighted by atomic mass is 16.7. The Morgan fingerprint density at radius 1 is 0.634 bits per heavy atom. The lowest BCUT2D eigenvalue weighted by Gasteiger charge is -2.62. The second kappa shape index (κ2) is 35.5. The third kappa shape index (κ3) is 21.0. The minimum Gasteiger partial charge on any atom is -0.481 e. The second-order valence-corrected chi connectivity index (χ2v) is 28.9. The maximum Gasteiger partial charge on any atom is 0.311 e. The van der Waals surface area contributed by atoms with Gasteiger partial charge in [0.25, 0.3) is 0 Å². The van der Waals surface area contributed by atoms with Gasteiger partial charge in [-0.05, 0) is 137 Å². The SMILES string of the molecule is CC(CCC(=O)O)[C@H]1CC[C@H]2[C@@H]3CC[C@@H]4C[C@H](O)CC[C@]4(C)[C@H]3C[C@H](O)[C@]12C.C[C@@H]1[C@H](O)[C@@H](C)/C=C/C=C/C=C/C=C/C=C/C=C/C=C/[C@H](O[C@@H]2O[C@H](C)[C@@H](O)[C@H](N)[C@@H]2O)C[C@@H]2O[C@](O)(C[C@@H](O)C[C@@H](O)[C@H](O)CC[C@@H](O)C[C@@H](O)CC(=O)O[C@H]1C)C[C@H](O)[C@H]2C(=O)O. The first kappa shape index (κ1) is 78.0. The van der Waals surface area contributed by atoms with E-state index in [0.717, 1.165) is 38.5 Å². The average Bonchev–Trinajstić information content (AvgIpc) is 1.68. The third-order valence-electron chi connectivity index (χ3n) is 22.3. The zero-order valence-corrected chi connectivity index (χ0v) is 55.5. The molecule has 0 amide bonds. The molecule has 7 rings (SSSR count). The molecule has 4 saturated carbocycles. The Hall–Kier alpha value is -4.05. The van der Waals surface area contributed by atoms with Gasteiger partial charge in [-0.15, -0.1) is 0 Å². The Morgan fingerprint density at radius 3 is 1.87 bits per heavy atom. The van der Waals surface area contributed by atoms with Crippen LogP contribution in [0.25, 0.3) is 0 Å². The fourth-order valence-electron chi connectivity index (χ4n) is 16.7. The summed E-state index contributed by atoms with van der Waals surface area (Å²) in [7, 11) is 0. The number of carboxylic acids is 2. The summed E-state index contributed by atoms with van der Waals surface area (Å²) in [6.07, 6.45) is 12.7. The standard InChI is InChI=1S/C47H73NO17.C24H40O4/c1-27-17-15-13-11-9-7-5-6-8-10-12-14-16-18-34(64-46-44(58)41(48)43(57)30(4)63-46)24-38-40(45(59)60)37(54)26-47(61,65-38)25-33(51)22-36(53)35(52)20-19-31(49)21-32(50)23-39(55)62-29(3)28(2)42(27)56;1-14(4-9-22(27)28)18-7-8-19-17-6-5-15-12-16(25)10-11-23(15,2)20(17)13-21(26)24(18,19)3/h5-18,27-38,40-44,46,49-54,56-58,61H,19-26,48H2,1-4H3,(H,59,60);14-21,25-26H,4-13H2,1-3H3,(H,27,28)/b6-5+,9-7+,10-8+,13-11+,14-12+,17-15+,18-16+;/t27-,28-,29-,30+,31+,32+,33-,34-,35+,36+,37-,38-,40+,41-,42+,43+,44-,46-,47+;14?,15-,16-,17+,18-,19+,20+,21+,23+,24-/m01/s1. The van der Waals surface area contributed by atoms with Crippen LogP contribution in [-0.2, 0) is 33.3 Å². The molecule has 22 nitrogen and oxygen atoms in total. The molecule has 0 aromatic rings. The number of esters is 1. The quantitative estimate of drug-likeness (QED) is 0.146. The Balaban J connectivity index is 0.000000402. The smallest absolute Gasteiger partial charge is 0.311 e. The first-order chi connectivity index (χ1) is 43.8. The van der Waals surface area contributed by atoms with E-state index < -0.39 is 153 Å². The van der Waals surface area contributed by atoms with Gasteiger partial charge in [0.1, 0.15) is 18.1 Å². The minimum atomic E-state index is -2.33. The summed E-state index contributed by atoms with van der Waals surface area (Å²) in [5.74, 6) is -4.28. The van der Waals surface area contributed by atoms with Gasteiger partial charge in [-0.3, -0.25) is 14.4 Å². The van der Waals surface area contributed by atoms with Crippen molar-refractivity contribution in [2.45, 2.75) is 274 Å². The number of hydrogen-bond acceptors (Lipinski definition) is 20. The maximum absolute atomic E-state index is 12.6. The molecule has 4 aliphatic carbocycles. The summed E-state index contributed by atoms with van der Waals surface area (Å²) < 4.78 is 23.1. The molecule has 1 unspecified atom stereocenters. The van der Waals surface area contributed by atoms with Crippen molar-refractivity contribution in [3.05, 3.63) is 85.1 Å². The van der Waals surface area contributed by atoms with Gasteiger partial charge in [0.15, 0.2) is 12.1 Å². The lowest BCUT2D eigenvalue weighted by atomic mass is 9.43. The highest BCUT2D eigenvalue weighted by molar-refractivity contribution is 5.72. The summed E-state index contributed by atoms with van der Waals surface area (Å²) in [5, 5.41) is 149. The zero-order valence-electron chi connectivity index (χ0n) is 55.5. The van der Waals surface area contributed by atoms with Gasteiger partial charge in [0.2, 0.25) is 0 Å². The van der Waals surface area contributed by atoms with Gasteiger partial charge in [-0.1, -0.05) is 120 Å². The van der Waals surface area contributed by atoms with Crippen LogP contribution in [0, 0.1) is 64.1 Å². The molecule has 22 heteroatoms. The van der Waals surface area contributed by atoms with E-state index in [1.807, 2.05) is 19.1 Å².